The van der Waals surface area contributed by atoms with Crippen LogP contribution in [0.1, 0.15) is 6.92 Å². The van der Waals surface area contributed by atoms with Crippen LogP contribution < -0.4 is 5.76 Å². The van der Waals surface area contributed by atoms with Crippen molar-refractivity contribution in [2.75, 3.05) is 13.1 Å². The van der Waals surface area contributed by atoms with E-state index in [1.165, 1.54) is 29.8 Å². The van der Waals surface area contributed by atoms with Gasteiger partial charge in [0.2, 0.25) is 10.0 Å². The van der Waals surface area contributed by atoms with Crippen LogP contribution in [-0.2, 0) is 21.9 Å². The minimum atomic E-state index is -3.96. The third-order valence-electron chi connectivity index (χ3n) is 3.07. The van der Waals surface area contributed by atoms with Gasteiger partial charge in [0.1, 0.15) is 6.54 Å². The average molecular weight is 314 g/mol. The lowest BCUT2D eigenvalue weighted by Gasteiger charge is -2.18. The Balaban J connectivity index is 2.54. The minimum Gasteiger partial charge on any atom is -0.480 e. The lowest BCUT2D eigenvalue weighted by molar-refractivity contribution is -0.137. The Hall–Kier alpha value is -2.13. The van der Waals surface area contributed by atoms with Crippen molar-refractivity contribution in [1.29, 1.82) is 0 Å². The van der Waals surface area contributed by atoms with E-state index in [4.69, 9.17) is 9.52 Å². The van der Waals surface area contributed by atoms with E-state index in [1.807, 2.05) is 0 Å². The molecule has 0 saturated carbocycles. The van der Waals surface area contributed by atoms with Crippen LogP contribution >= 0.6 is 0 Å². The van der Waals surface area contributed by atoms with Gasteiger partial charge in [-0.15, -0.1) is 0 Å². The molecule has 114 valence electrons. The van der Waals surface area contributed by atoms with Gasteiger partial charge < -0.3 is 9.52 Å². The number of rotatable bonds is 5. The summed E-state index contributed by atoms with van der Waals surface area (Å²) in [6.45, 7) is 0.933. The van der Waals surface area contributed by atoms with Crippen LogP contribution in [0.3, 0.4) is 0 Å². The van der Waals surface area contributed by atoms with E-state index >= 15 is 0 Å². The molecule has 8 nitrogen and oxygen atoms in total. The molecule has 0 saturated heterocycles. The first-order valence-electron chi connectivity index (χ1n) is 6.09. The van der Waals surface area contributed by atoms with Crippen molar-refractivity contribution < 1.29 is 22.7 Å². The van der Waals surface area contributed by atoms with Crippen molar-refractivity contribution in [3.63, 3.8) is 0 Å². The number of oxazole rings is 1. The molecule has 0 radical (unpaired) electrons. The number of carboxylic acid groups (broad SMARTS) is 1. The first kappa shape index (κ1) is 15.3. The van der Waals surface area contributed by atoms with Crippen LogP contribution in [0, 0.1) is 0 Å². The van der Waals surface area contributed by atoms with Gasteiger partial charge in [-0.05, 0) is 12.1 Å². The Morgan fingerprint density at radius 3 is 2.67 bits per heavy atom. The lowest BCUT2D eigenvalue weighted by atomic mass is 10.3. The second-order valence-electron chi connectivity index (χ2n) is 4.38. The zero-order valence-electron chi connectivity index (χ0n) is 11.4. The number of aryl methyl sites for hydroxylation is 1. The number of aromatic nitrogens is 1. The molecule has 21 heavy (non-hydrogen) atoms. The summed E-state index contributed by atoms with van der Waals surface area (Å²) in [5.41, 5.74) is 0.593. The van der Waals surface area contributed by atoms with Gasteiger partial charge in [-0.2, -0.15) is 4.31 Å². The van der Waals surface area contributed by atoms with Crippen molar-refractivity contribution in [3.8, 4) is 0 Å². The molecule has 1 heterocycles. The molecule has 2 aromatic rings. The summed E-state index contributed by atoms with van der Waals surface area (Å²) in [4.78, 5) is 22.0. The number of aliphatic carboxylic acids is 1. The maximum Gasteiger partial charge on any atom is 0.419 e. The molecule has 0 fully saturated rings. The van der Waals surface area contributed by atoms with Crippen molar-refractivity contribution in [2.24, 2.45) is 7.05 Å². The van der Waals surface area contributed by atoms with Crippen molar-refractivity contribution >= 4 is 27.1 Å². The van der Waals surface area contributed by atoms with Crippen LogP contribution in [0.5, 0.6) is 0 Å². The molecule has 1 aromatic heterocycles. The molecule has 9 heteroatoms. The fourth-order valence-corrected chi connectivity index (χ4v) is 3.36. The highest BCUT2D eigenvalue weighted by atomic mass is 32.2. The molecule has 0 aliphatic carbocycles. The number of fused-ring (bicyclic) bond motifs is 1. The molecule has 0 aliphatic heterocycles. The van der Waals surface area contributed by atoms with Gasteiger partial charge in [0.15, 0.2) is 5.58 Å². The molecule has 0 amide bonds. The topological polar surface area (TPSA) is 110 Å². The normalized spacial score (nSPS) is 12.1. The summed E-state index contributed by atoms with van der Waals surface area (Å²) in [5.74, 6) is -1.84. The number of likely N-dealkylation sites (N-methyl/N-ethyl adjacent to an activating group) is 1. The molecular weight excluding hydrogens is 300 g/mol. The third-order valence-corrected chi connectivity index (χ3v) is 4.98. The number of carboxylic acids is 1. The average Bonchev–Trinajstić information content (AvgIpc) is 2.70. The quantitative estimate of drug-likeness (QED) is 0.845. The lowest BCUT2D eigenvalue weighted by Crippen LogP contribution is -2.35. The predicted octanol–water partition coefficient (Wildman–Crippen LogP) is 0.227. The number of hydrogen-bond donors (Lipinski definition) is 1. The second-order valence-corrected chi connectivity index (χ2v) is 6.32. The van der Waals surface area contributed by atoms with E-state index in [2.05, 4.69) is 0 Å². The molecule has 2 rings (SSSR count). The number of carbonyl (C=O) groups is 1. The molecule has 0 unspecified atom stereocenters. The predicted molar refractivity (Wildman–Crippen MR) is 73.5 cm³/mol. The Kier molecular flexibility index (Phi) is 3.88. The molecule has 0 spiro atoms. The van der Waals surface area contributed by atoms with Crippen molar-refractivity contribution in [3.05, 3.63) is 28.7 Å². The molecule has 0 aliphatic rings. The second kappa shape index (κ2) is 5.34. The third kappa shape index (κ3) is 2.69. The van der Waals surface area contributed by atoms with Crippen LogP contribution in [0.2, 0.25) is 0 Å². The van der Waals surface area contributed by atoms with Gasteiger partial charge in [-0.25, -0.2) is 13.2 Å². The standard InChI is InChI=1S/C12H14N2O6S/c1-3-14(7-11(15)16)21(18,19)8-4-5-9-10(6-8)20-12(17)13(9)2/h4-6H,3,7H2,1-2H3,(H,15,16). The van der Waals surface area contributed by atoms with Gasteiger partial charge in [0.25, 0.3) is 0 Å². The Morgan fingerprint density at radius 1 is 1.43 bits per heavy atom. The number of benzene rings is 1. The van der Waals surface area contributed by atoms with Crippen molar-refractivity contribution in [2.45, 2.75) is 11.8 Å². The maximum atomic E-state index is 12.4. The van der Waals surface area contributed by atoms with Gasteiger partial charge in [0, 0.05) is 19.7 Å². The molecule has 0 bridgehead atoms. The zero-order valence-corrected chi connectivity index (χ0v) is 12.3. The monoisotopic (exact) mass is 314 g/mol. The first-order chi connectivity index (χ1) is 9.77. The summed E-state index contributed by atoms with van der Waals surface area (Å²) >= 11 is 0. The first-order valence-corrected chi connectivity index (χ1v) is 7.53. The fraction of sp³-hybridized carbons (Fsp3) is 0.333. The maximum absolute atomic E-state index is 12.4. The number of sulfonamides is 1. The van der Waals surface area contributed by atoms with E-state index in [-0.39, 0.29) is 17.0 Å². The van der Waals surface area contributed by atoms with Gasteiger partial charge in [0.05, 0.1) is 10.4 Å². The molecule has 1 N–H and O–H groups in total. The number of nitrogens with zero attached hydrogens (tertiary/aromatic N) is 2. The van der Waals surface area contributed by atoms with Crippen LogP contribution in [0.4, 0.5) is 0 Å². The fourth-order valence-electron chi connectivity index (χ4n) is 1.94. The van der Waals surface area contributed by atoms with Crippen LogP contribution in [0.15, 0.2) is 32.3 Å². The minimum absolute atomic E-state index is 0.0193. The highest BCUT2D eigenvalue weighted by Crippen LogP contribution is 2.21. The SMILES string of the molecule is CCN(CC(=O)O)S(=O)(=O)c1ccc2c(c1)oc(=O)n2C. The Labute approximate surface area is 120 Å². The van der Waals surface area contributed by atoms with E-state index < -0.39 is 28.3 Å². The summed E-state index contributed by atoms with van der Waals surface area (Å²) < 4.78 is 31.8. The summed E-state index contributed by atoms with van der Waals surface area (Å²) in [7, 11) is -2.45. The van der Waals surface area contributed by atoms with Crippen molar-refractivity contribution in [1.82, 2.24) is 8.87 Å². The zero-order chi connectivity index (χ0) is 15.8. The summed E-state index contributed by atoms with van der Waals surface area (Å²) in [6, 6.07) is 3.98. The van der Waals surface area contributed by atoms with Gasteiger partial charge in [-0.3, -0.25) is 9.36 Å². The van der Waals surface area contributed by atoms with Gasteiger partial charge in [-0.1, -0.05) is 6.92 Å². The van der Waals surface area contributed by atoms with E-state index in [9.17, 15) is 18.0 Å². The highest BCUT2D eigenvalue weighted by molar-refractivity contribution is 7.89. The Bertz CT molecular complexity index is 848. The van der Waals surface area contributed by atoms with Crippen LogP contribution in [-0.4, -0.2) is 41.5 Å². The van der Waals surface area contributed by atoms with E-state index in [0.717, 1.165) is 4.31 Å². The molecule has 1 aromatic carbocycles. The van der Waals surface area contributed by atoms with Gasteiger partial charge >= 0.3 is 11.7 Å². The van der Waals surface area contributed by atoms with E-state index in [1.54, 1.807) is 6.92 Å². The number of hydrogen-bond acceptors (Lipinski definition) is 5. The molecule has 0 atom stereocenters. The molecular formula is C12H14N2O6S. The van der Waals surface area contributed by atoms with Crippen LogP contribution in [0.25, 0.3) is 11.1 Å². The largest absolute Gasteiger partial charge is 0.480 e. The van der Waals surface area contributed by atoms with E-state index in [0.29, 0.717) is 5.52 Å². The highest BCUT2D eigenvalue weighted by Gasteiger charge is 2.26. The summed E-state index contributed by atoms with van der Waals surface area (Å²) in [5, 5.41) is 8.77. The smallest absolute Gasteiger partial charge is 0.419 e. The Morgan fingerprint density at radius 2 is 2.10 bits per heavy atom. The summed E-state index contributed by atoms with van der Waals surface area (Å²) in [6.07, 6.45) is 0.